The van der Waals surface area contributed by atoms with E-state index in [1.54, 1.807) is 0 Å². The molecule has 1 saturated heterocycles. The first-order valence-corrected chi connectivity index (χ1v) is 5.11. The largest absolute Gasteiger partial charge is 0.443 e. The summed E-state index contributed by atoms with van der Waals surface area (Å²) in [5.41, 5.74) is 1.07. The standard InChI is InChI=1S/C10H10BrNO2/c1-7-9(12(11)10(13)14-7)8-5-3-2-4-6-8/h2-7,9H,1H3/t7-,9-/m1/s1. The maximum atomic E-state index is 11.2. The number of benzene rings is 1. The van der Waals surface area contributed by atoms with Crippen LogP contribution in [0.4, 0.5) is 4.79 Å². The molecule has 0 bridgehead atoms. The minimum atomic E-state index is -0.327. The lowest BCUT2D eigenvalue weighted by molar-refractivity contribution is 0.140. The van der Waals surface area contributed by atoms with Crippen LogP contribution >= 0.6 is 16.1 Å². The topological polar surface area (TPSA) is 29.5 Å². The number of carbonyl (C=O) groups excluding carboxylic acids is 1. The maximum Gasteiger partial charge on any atom is 0.420 e. The van der Waals surface area contributed by atoms with Gasteiger partial charge < -0.3 is 4.74 Å². The van der Waals surface area contributed by atoms with E-state index in [1.807, 2.05) is 37.3 Å². The van der Waals surface area contributed by atoms with E-state index in [4.69, 9.17) is 4.74 Å². The van der Waals surface area contributed by atoms with Crippen molar-refractivity contribution < 1.29 is 9.53 Å². The predicted molar refractivity (Wildman–Crippen MR) is 55.9 cm³/mol. The average molecular weight is 256 g/mol. The number of halogens is 1. The average Bonchev–Trinajstić information content (AvgIpc) is 2.43. The number of rotatable bonds is 1. The van der Waals surface area contributed by atoms with E-state index < -0.39 is 0 Å². The molecule has 2 rings (SSSR count). The van der Waals surface area contributed by atoms with E-state index in [0.717, 1.165) is 5.56 Å². The molecule has 0 unspecified atom stereocenters. The van der Waals surface area contributed by atoms with Crippen molar-refractivity contribution in [3.63, 3.8) is 0 Å². The van der Waals surface area contributed by atoms with Crippen LogP contribution in [0, 0.1) is 0 Å². The Labute approximate surface area is 91.0 Å². The van der Waals surface area contributed by atoms with Gasteiger partial charge in [-0.15, -0.1) is 0 Å². The molecule has 0 saturated carbocycles. The number of hydrogen-bond acceptors (Lipinski definition) is 2. The van der Waals surface area contributed by atoms with Crippen LogP contribution in [0.15, 0.2) is 30.3 Å². The summed E-state index contributed by atoms with van der Waals surface area (Å²) in [5, 5.41) is 0. The van der Waals surface area contributed by atoms with Gasteiger partial charge >= 0.3 is 6.09 Å². The molecule has 1 fully saturated rings. The van der Waals surface area contributed by atoms with E-state index in [9.17, 15) is 4.79 Å². The fourth-order valence-electron chi connectivity index (χ4n) is 1.62. The van der Waals surface area contributed by atoms with Gasteiger partial charge in [-0.3, -0.25) is 0 Å². The zero-order chi connectivity index (χ0) is 10.1. The van der Waals surface area contributed by atoms with Crippen molar-refractivity contribution in [3.8, 4) is 0 Å². The molecule has 1 heterocycles. The van der Waals surface area contributed by atoms with Crippen molar-refractivity contribution in [2.45, 2.75) is 19.1 Å². The van der Waals surface area contributed by atoms with Crippen molar-refractivity contribution in [1.82, 2.24) is 3.93 Å². The summed E-state index contributed by atoms with van der Waals surface area (Å²) in [4.78, 5) is 11.2. The van der Waals surface area contributed by atoms with Crippen LogP contribution in [0.2, 0.25) is 0 Å². The molecule has 1 amide bonds. The molecule has 1 aliphatic heterocycles. The SMILES string of the molecule is C[C@H]1OC(=O)N(Br)[C@H]1c1ccccc1. The second-order valence-electron chi connectivity index (χ2n) is 3.26. The molecular formula is C10H10BrNO2. The Morgan fingerprint density at radius 3 is 2.50 bits per heavy atom. The van der Waals surface area contributed by atoms with Gasteiger partial charge in [-0.1, -0.05) is 30.3 Å². The van der Waals surface area contributed by atoms with Crippen molar-refractivity contribution in [1.29, 1.82) is 0 Å². The van der Waals surface area contributed by atoms with Crippen molar-refractivity contribution >= 4 is 22.2 Å². The Bertz CT molecular complexity index is 341. The van der Waals surface area contributed by atoms with E-state index in [0.29, 0.717) is 0 Å². The molecule has 4 heteroatoms. The zero-order valence-electron chi connectivity index (χ0n) is 7.68. The van der Waals surface area contributed by atoms with Crippen LogP contribution in [0.1, 0.15) is 18.5 Å². The normalized spacial score (nSPS) is 26.4. The molecule has 1 aromatic rings. The Kier molecular flexibility index (Phi) is 2.46. The number of hydrogen-bond donors (Lipinski definition) is 0. The van der Waals surface area contributed by atoms with Crippen LogP contribution in [-0.4, -0.2) is 16.1 Å². The second-order valence-corrected chi connectivity index (χ2v) is 4.02. The summed E-state index contributed by atoms with van der Waals surface area (Å²) in [6, 6.07) is 9.78. The van der Waals surface area contributed by atoms with Crippen LogP contribution in [-0.2, 0) is 4.74 Å². The number of nitrogens with zero attached hydrogens (tertiary/aromatic N) is 1. The number of cyclic esters (lactones) is 1. The lowest BCUT2D eigenvalue weighted by atomic mass is 10.0. The smallest absolute Gasteiger partial charge is 0.420 e. The van der Waals surface area contributed by atoms with Gasteiger partial charge in [-0.05, 0) is 12.5 Å². The van der Waals surface area contributed by atoms with Gasteiger partial charge in [0.1, 0.15) is 12.1 Å². The van der Waals surface area contributed by atoms with Gasteiger partial charge in [-0.2, -0.15) is 0 Å². The van der Waals surface area contributed by atoms with Crippen LogP contribution in [0.5, 0.6) is 0 Å². The van der Waals surface area contributed by atoms with Crippen LogP contribution < -0.4 is 0 Å². The Balaban J connectivity index is 2.31. The lowest BCUT2D eigenvalue weighted by Crippen LogP contribution is -2.18. The quantitative estimate of drug-likeness (QED) is 0.723. The van der Waals surface area contributed by atoms with Gasteiger partial charge in [-0.25, -0.2) is 8.72 Å². The van der Waals surface area contributed by atoms with Crippen molar-refractivity contribution in [2.24, 2.45) is 0 Å². The number of ether oxygens (including phenoxy) is 1. The van der Waals surface area contributed by atoms with Gasteiger partial charge in [0.15, 0.2) is 0 Å². The van der Waals surface area contributed by atoms with Crippen molar-refractivity contribution in [3.05, 3.63) is 35.9 Å². The zero-order valence-corrected chi connectivity index (χ0v) is 9.27. The predicted octanol–water partition coefficient (Wildman–Crippen LogP) is 2.88. The first kappa shape index (κ1) is 9.52. The molecule has 1 aromatic carbocycles. The Hall–Kier alpha value is -1.03. The van der Waals surface area contributed by atoms with Crippen molar-refractivity contribution in [2.75, 3.05) is 0 Å². The summed E-state index contributed by atoms with van der Waals surface area (Å²) < 4.78 is 6.53. The summed E-state index contributed by atoms with van der Waals surface area (Å²) in [5.74, 6) is 0. The summed E-state index contributed by atoms with van der Waals surface area (Å²) in [6.07, 6.45) is -0.448. The maximum absolute atomic E-state index is 11.2. The molecule has 1 aliphatic rings. The minimum Gasteiger partial charge on any atom is -0.443 e. The first-order chi connectivity index (χ1) is 6.70. The van der Waals surface area contributed by atoms with E-state index in [1.165, 1.54) is 3.93 Å². The molecule has 0 spiro atoms. The van der Waals surface area contributed by atoms with Crippen LogP contribution in [0.25, 0.3) is 0 Å². The van der Waals surface area contributed by atoms with Gasteiger partial charge in [0.05, 0.1) is 16.1 Å². The van der Waals surface area contributed by atoms with Gasteiger partial charge in [0, 0.05) is 0 Å². The van der Waals surface area contributed by atoms with Crippen LogP contribution in [0.3, 0.4) is 0 Å². The fraction of sp³-hybridized carbons (Fsp3) is 0.300. The highest BCUT2D eigenvalue weighted by atomic mass is 79.9. The summed E-state index contributed by atoms with van der Waals surface area (Å²) in [6.45, 7) is 1.89. The number of carbonyl (C=O) groups is 1. The van der Waals surface area contributed by atoms with Gasteiger partial charge in [0.25, 0.3) is 0 Å². The highest BCUT2D eigenvalue weighted by Gasteiger charge is 2.38. The highest BCUT2D eigenvalue weighted by molar-refractivity contribution is 9.07. The highest BCUT2D eigenvalue weighted by Crippen LogP contribution is 2.35. The van der Waals surface area contributed by atoms with E-state index in [-0.39, 0.29) is 18.2 Å². The molecule has 3 nitrogen and oxygen atoms in total. The number of amides is 1. The monoisotopic (exact) mass is 255 g/mol. The molecule has 74 valence electrons. The summed E-state index contributed by atoms with van der Waals surface area (Å²) in [7, 11) is 0. The Morgan fingerprint density at radius 2 is 2.00 bits per heavy atom. The van der Waals surface area contributed by atoms with E-state index in [2.05, 4.69) is 16.1 Å². The molecule has 0 aliphatic carbocycles. The fourth-order valence-corrected chi connectivity index (χ4v) is 2.28. The Morgan fingerprint density at radius 1 is 1.36 bits per heavy atom. The third-order valence-corrected chi connectivity index (χ3v) is 3.02. The molecule has 0 N–H and O–H groups in total. The molecule has 14 heavy (non-hydrogen) atoms. The third kappa shape index (κ3) is 1.50. The molecule has 2 atom stereocenters. The minimum absolute atomic E-state index is 0.0382. The van der Waals surface area contributed by atoms with E-state index >= 15 is 0 Å². The molecular weight excluding hydrogens is 246 g/mol. The van der Waals surface area contributed by atoms with Gasteiger partial charge in [0.2, 0.25) is 0 Å². The molecule has 0 radical (unpaired) electrons. The lowest BCUT2D eigenvalue weighted by Gasteiger charge is -2.17. The molecule has 0 aromatic heterocycles. The summed E-state index contributed by atoms with van der Waals surface area (Å²) >= 11 is 3.21. The first-order valence-electron chi connectivity index (χ1n) is 4.40. The third-order valence-electron chi connectivity index (χ3n) is 2.29. The second kappa shape index (κ2) is 3.61.